The fraction of sp³-hybridized carbons (Fsp3) is 0.133. The number of hydrogen-bond donors (Lipinski definition) is 3. The van der Waals surface area contributed by atoms with Crippen molar-refractivity contribution in [2.24, 2.45) is 0 Å². The molecule has 0 unspecified atom stereocenters. The Hall–Kier alpha value is -2.14. The number of hydrogen-bond acceptors (Lipinski definition) is 4. The molecule has 0 aliphatic rings. The van der Waals surface area contributed by atoms with Gasteiger partial charge in [0.25, 0.3) is 0 Å². The number of phosphoric ester groups is 1. The van der Waals surface area contributed by atoms with Crippen LogP contribution in [-0.2, 0) is 11.0 Å². The lowest BCUT2D eigenvalue weighted by Crippen LogP contribution is -2.01. The van der Waals surface area contributed by atoms with Crippen molar-refractivity contribution in [3.8, 4) is 11.5 Å². The number of aryl methyl sites for hydroxylation is 1. The Kier molecular flexibility index (Phi) is 4.98. The summed E-state index contributed by atoms with van der Waals surface area (Å²) in [7, 11) is -4.59. The van der Waals surface area contributed by atoms with Crippen molar-refractivity contribution >= 4 is 13.6 Å². The van der Waals surface area contributed by atoms with Crippen molar-refractivity contribution in [1.82, 2.24) is 0 Å². The van der Waals surface area contributed by atoms with Crippen LogP contribution in [0.1, 0.15) is 22.3 Å². The Morgan fingerprint density at radius 2 is 1.77 bits per heavy atom. The molecule has 0 aromatic heterocycles. The number of phosphoric acid groups is 1. The highest BCUT2D eigenvalue weighted by Gasteiger charge is 2.16. The number of phenols is 1. The zero-order valence-corrected chi connectivity index (χ0v) is 12.4. The minimum atomic E-state index is -4.59. The van der Waals surface area contributed by atoms with Crippen LogP contribution >= 0.6 is 7.82 Å². The topological polar surface area (TPSA) is 104 Å². The molecule has 116 valence electrons. The van der Waals surface area contributed by atoms with Gasteiger partial charge in [-0.15, -0.1) is 0 Å². The molecule has 2 aromatic carbocycles. The van der Waals surface area contributed by atoms with Crippen LogP contribution in [0.25, 0.3) is 0 Å². The van der Waals surface area contributed by atoms with Gasteiger partial charge in [-0.2, -0.15) is 0 Å². The normalized spacial score (nSPS) is 11.2. The van der Waals surface area contributed by atoms with Crippen LogP contribution in [0, 0.1) is 0 Å². The minimum Gasteiger partial charge on any atom is -0.508 e. The Balaban J connectivity index is 1.99. The molecule has 0 saturated carbocycles. The molecule has 7 heteroatoms. The largest absolute Gasteiger partial charge is 0.524 e. The molecule has 0 aliphatic heterocycles. The molecule has 0 amide bonds. The average molecular weight is 322 g/mol. The van der Waals surface area contributed by atoms with Crippen molar-refractivity contribution in [2.45, 2.75) is 12.8 Å². The van der Waals surface area contributed by atoms with Crippen LogP contribution in [-0.4, -0.2) is 20.7 Å². The average Bonchev–Trinajstić information content (AvgIpc) is 2.44. The molecule has 0 spiro atoms. The minimum absolute atomic E-state index is 0.0583. The van der Waals surface area contributed by atoms with E-state index in [1.807, 2.05) is 0 Å². The predicted molar refractivity (Wildman–Crippen MR) is 79.9 cm³/mol. The van der Waals surface area contributed by atoms with Crippen LogP contribution in [0.5, 0.6) is 11.5 Å². The van der Waals surface area contributed by atoms with Gasteiger partial charge in [0, 0.05) is 12.0 Å². The van der Waals surface area contributed by atoms with Gasteiger partial charge < -0.3 is 9.63 Å². The number of phenolic OH excluding ortho intramolecular Hbond substituents is 1. The van der Waals surface area contributed by atoms with E-state index in [0.29, 0.717) is 12.0 Å². The first-order valence-corrected chi connectivity index (χ1v) is 8.03. The molecule has 6 nitrogen and oxygen atoms in total. The highest BCUT2D eigenvalue weighted by Crippen LogP contribution is 2.37. The molecule has 0 saturated heterocycles. The quantitative estimate of drug-likeness (QED) is 0.558. The maximum Gasteiger partial charge on any atom is 0.524 e. The molecule has 0 bridgehead atoms. The molecule has 22 heavy (non-hydrogen) atoms. The van der Waals surface area contributed by atoms with Crippen molar-refractivity contribution in [3.63, 3.8) is 0 Å². The van der Waals surface area contributed by atoms with Crippen LogP contribution in [0.3, 0.4) is 0 Å². The summed E-state index contributed by atoms with van der Waals surface area (Å²) in [4.78, 5) is 29.5. The lowest BCUT2D eigenvalue weighted by atomic mass is 10.0. The number of rotatable bonds is 6. The van der Waals surface area contributed by atoms with E-state index in [1.54, 1.807) is 24.3 Å². The molecule has 3 N–H and O–H groups in total. The second-order valence-electron chi connectivity index (χ2n) is 4.70. The van der Waals surface area contributed by atoms with Crippen LogP contribution in [0.4, 0.5) is 0 Å². The molecule has 0 atom stereocenters. The van der Waals surface area contributed by atoms with E-state index in [1.165, 1.54) is 24.3 Å². The van der Waals surface area contributed by atoms with E-state index in [-0.39, 0.29) is 23.7 Å². The maximum atomic E-state index is 12.0. The summed E-state index contributed by atoms with van der Waals surface area (Å²) < 4.78 is 15.3. The molecular formula is C15H15O6P. The molecule has 2 aromatic rings. The van der Waals surface area contributed by atoms with Crippen LogP contribution in [0.15, 0.2) is 48.5 Å². The third-order valence-corrected chi connectivity index (χ3v) is 3.40. The first-order chi connectivity index (χ1) is 10.3. The van der Waals surface area contributed by atoms with Gasteiger partial charge in [-0.3, -0.25) is 14.6 Å². The van der Waals surface area contributed by atoms with Crippen molar-refractivity contribution in [3.05, 3.63) is 59.7 Å². The lowest BCUT2D eigenvalue weighted by molar-refractivity contribution is 0.0982. The standard InChI is InChI=1S/C15H15O6P/c16-13-7-5-12(6-8-13)15(17)9-4-11-2-1-3-14(10-11)21-22(18,19)20/h1-3,5-8,10,16H,4,9H2,(H2,18,19,20). The zero-order valence-electron chi connectivity index (χ0n) is 11.5. The number of Topliss-reactive ketones (excluding diaryl/α,β-unsaturated/α-hetero) is 1. The number of benzene rings is 2. The third-order valence-electron chi connectivity index (χ3n) is 2.95. The van der Waals surface area contributed by atoms with Gasteiger partial charge >= 0.3 is 7.82 Å². The fourth-order valence-corrected chi connectivity index (χ4v) is 2.33. The Bertz CT molecular complexity index is 704. The molecule has 0 fully saturated rings. The van der Waals surface area contributed by atoms with Crippen molar-refractivity contribution < 1.29 is 28.8 Å². The monoisotopic (exact) mass is 322 g/mol. The van der Waals surface area contributed by atoms with Crippen molar-refractivity contribution in [1.29, 1.82) is 0 Å². The predicted octanol–water partition coefficient (Wildman–Crippen LogP) is 2.68. The first-order valence-electron chi connectivity index (χ1n) is 6.50. The number of carbonyl (C=O) groups is 1. The summed E-state index contributed by atoms with van der Waals surface area (Å²) in [5.74, 6) is 0.0723. The fourth-order valence-electron chi connectivity index (χ4n) is 1.94. The van der Waals surface area contributed by atoms with E-state index in [0.717, 1.165) is 5.56 Å². The van der Waals surface area contributed by atoms with Gasteiger partial charge in [0.15, 0.2) is 5.78 Å². The second kappa shape index (κ2) is 6.75. The highest BCUT2D eigenvalue weighted by molar-refractivity contribution is 7.46. The summed E-state index contributed by atoms with van der Waals surface area (Å²) in [6.45, 7) is 0. The lowest BCUT2D eigenvalue weighted by Gasteiger charge is -2.08. The molecule has 0 heterocycles. The number of carbonyl (C=O) groups excluding carboxylic acids is 1. The van der Waals surface area contributed by atoms with E-state index >= 15 is 0 Å². The van der Waals surface area contributed by atoms with Crippen LogP contribution < -0.4 is 4.52 Å². The number of aromatic hydroxyl groups is 1. The summed E-state index contributed by atoms with van der Waals surface area (Å²) in [6.07, 6.45) is 0.655. The SMILES string of the molecule is O=C(CCc1cccc(OP(=O)(O)O)c1)c1ccc(O)cc1. The van der Waals surface area contributed by atoms with Gasteiger partial charge in [-0.25, -0.2) is 4.57 Å². The number of ketones is 1. The van der Waals surface area contributed by atoms with E-state index < -0.39 is 7.82 Å². The van der Waals surface area contributed by atoms with Gasteiger partial charge in [0.05, 0.1) is 0 Å². The van der Waals surface area contributed by atoms with Gasteiger partial charge in [-0.1, -0.05) is 12.1 Å². The summed E-state index contributed by atoms with van der Waals surface area (Å²) in [5, 5.41) is 9.18. The van der Waals surface area contributed by atoms with E-state index in [4.69, 9.17) is 9.79 Å². The Morgan fingerprint density at radius 3 is 2.41 bits per heavy atom. The summed E-state index contributed by atoms with van der Waals surface area (Å²) >= 11 is 0. The molecule has 2 rings (SSSR count). The molecule has 0 aliphatic carbocycles. The Labute approximate surface area is 127 Å². The second-order valence-corrected chi connectivity index (χ2v) is 5.86. The van der Waals surface area contributed by atoms with E-state index in [2.05, 4.69) is 4.52 Å². The molecular weight excluding hydrogens is 307 g/mol. The summed E-state index contributed by atoms with van der Waals surface area (Å²) in [5.41, 5.74) is 1.23. The summed E-state index contributed by atoms with van der Waals surface area (Å²) in [6, 6.07) is 12.3. The van der Waals surface area contributed by atoms with E-state index in [9.17, 15) is 14.5 Å². The highest BCUT2D eigenvalue weighted by atomic mass is 31.2. The molecule has 0 radical (unpaired) electrons. The third kappa shape index (κ3) is 5.00. The van der Waals surface area contributed by atoms with Crippen molar-refractivity contribution in [2.75, 3.05) is 0 Å². The maximum absolute atomic E-state index is 12.0. The first kappa shape index (κ1) is 16.2. The smallest absolute Gasteiger partial charge is 0.508 e. The van der Waals surface area contributed by atoms with Crippen LogP contribution in [0.2, 0.25) is 0 Å². The Morgan fingerprint density at radius 1 is 1.09 bits per heavy atom. The zero-order chi connectivity index (χ0) is 16.2. The van der Waals surface area contributed by atoms with Gasteiger partial charge in [0.1, 0.15) is 11.5 Å². The van der Waals surface area contributed by atoms with Gasteiger partial charge in [-0.05, 0) is 48.4 Å². The van der Waals surface area contributed by atoms with Gasteiger partial charge in [0.2, 0.25) is 0 Å².